The van der Waals surface area contributed by atoms with Gasteiger partial charge in [0, 0.05) is 50.8 Å². The van der Waals surface area contributed by atoms with Gasteiger partial charge in [-0.05, 0) is 31.0 Å². The fourth-order valence-electron chi connectivity index (χ4n) is 3.31. The van der Waals surface area contributed by atoms with Crippen molar-refractivity contribution in [2.24, 2.45) is 7.05 Å². The number of nitro groups is 1. The second kappa shape index (κ2) is 9.93. The van der Waals surface area contributed by atoms with Gasteiger partial charge in [-0.3, -0.25) is 19.7 Å². The number of non-ortho nitro benzene ring substituents is 1. The zero-order valence-electron chi connectivity index (χ0n) is 17.5. The normalized spacial score (nSPS) is 13.1. The molecule has 0 N–H and O–H groups in total. The molecule has 0 bridgehead atoms. The number of methoxy groups -OCH3 is 1. The molecule has 1 heterocycles. The maximum Gasteiger partial charge on any atom is 0.270 e. The van der Waals surface area contributed by atoms with Crippen molar-refractivity contribution in [2.75, 3.05) is 26.8 Å². The molecule has 2 aromatic rings. The number of aromatic nitrogens is 1. The molecule has 1 aromatic carbocycles. The number of carbonyl (C=O) groups excluding carboxylic acids is 2. The molecule has 0 spiro atoms. The number of aryl methyl sites for hydroxylation is 1. The molecule has 3 rings (SSSR count). The van der Waals surface area contributed by atoms with Crippen LogP contribution < -0.4 is 0 Å². The van der Waals surface area contributed by atoms with E-state index in [9.17, 15) is 19.7 Å². The first-order chi connectivity index (χ1) is 14.8. The predicted molar refractivity (Wildman–Crippen MR) is 115 cm³/mol. The monoisotopic (exact) mass is 448 g/mol. The number of nitrogens with zero attached hydrogens (tertiary/aromatic N) is 4. The number of hydrogen-bond acceptors (Lipinski definition) is 5. The van der Waals surface area contributed by atoms with Crippen molar-refractivity contribution in [3.05, 3.63) is 62.9 Å². The molecule has 0 saturated heterocycles. The summed E-state index contributed by atoms with van der Waals surface area (Å²) in [6.07, 6.45) is 3.81. The number of nitro benzene ring substituents is 1. The fraction of sp³-hybridized carbons (Fsp3) is 0.429. The summed E-state index contributed by atoms with van der Waals surface area (Å²) in [6.45, 7) is 0.774. The lowest BCUT2D eigenvalue weighted by Crippen LogP contribution is -2.45. The van der Waals surface area contributed by atoms with E-state index in [1.165, 1.54) is 24.1 Å². The Labute approximate surface area is 185 Å². The minimum absolute atomic E-state index is 0.0306. The van der Waals surface area contributed by atoms with Crippen LogP contribution in [-0.2, 0) is 23.1 Å². The van der Waals surface area contributed by atoms with Crippen LogP contribution in [0.4, 0.5) is 5.69 Å². The van der Waals surface area contributed by atoms with Crippen LogP contribution in [0.25, 0.3) is 0 Å². The Kier molecular flexibility index (Phi) is 7.29. The average Bonchev–Trinajstić information content (AvgIpc) is 3.50. The molecule has 0 atom stereocenters. The van der Waals surface area contributed by atoms with Gasteiger partial charge in [0.05, 0.1) is 28.7 Å². The van der Waals surface area contributed by atoms with E-state index in [1.807, 2.05) is 29.9 Å². The van der Waals surface area contributed by atoms with E-state index < -0.39 is 10.8 Å². The lowest BCUT2D eigenvalue weighted by Gasteiger charge is -2.28. The van der Waals surface area contributed by atoms with Gasteiger partial charge >= 0.3 is 0 Å². The SMILES string of the molecule is COCCN(CC(=O)N(Cc1cccn1C)C1CC1)C(=O)c1ccc([N+](=O)[O-])cc1Cl. The van der Waals surface area contributed by atoms with Gasteiger partial charge in [-0.2, -0.15) is 0 Å². The molecule has 0 radical (unpaired) electrons. The molecule has 166 valence electrons. The molecule has 2 amide bonds. The highest BCUT2D eigenvalue weighted by Gasteiger charge is 2.34. The van der Waals surface area contributed by atoms with Crippen molar-refractivity contribution < 1.29 is 19.2 Å². The number of carbonyl (C=O) groups is 2. The Morgan fingerprint density at radius 1 is 1.32 bits per heavy atom. The number of rotatable bonds is 10. The van der Waals surface area contributed by atoms with Gasteiger partial charge in [-0.1, -0.05) is 11.6 Å². The quantitative estimate of drug-likeness (QED) is 0.411. The number of ether oxygens (including phenoxy) is 1. The molecule has 1 fully saturated rings. The van der Waals surface area contributed by atoms with E-state index >= 15 is 0 Å². The van der Waals surface area contributed by atoms with Crippen LogP contribution in [-0.4, -0.2) is 64.0 Å². The van der Waals surface area contributed by atoms with Crippen molar-refractivity contribution in [1.82, 2.24) is 14.4 Å². The van der Waals surface area contributed by atoms with Gasteiger partial charge in [-0.15, -0.1) is 0 Å². The van der Waals surface area contributed by atoms with Gasteiger partial charge in [0.25, 0.3) is 11.6 Å². The first-order valence-electron chi connectivity index (χ1n) is 9.93. The van der Waals surface area contributed by atoms with E-state index in [2.05, 4.69) is 0 Å². The van der Waals surface area contributed by atoms with Gasteiger partial charge in [0.2, 0.25) is 5.91 Å². The molecule has 1 aromatic heterocycles. The summed E-state index contributed by atoms with van der Waals surface area (Å²) in [5.74, 6) is -0.633. The maximum atomic E-state index is 13.2. The lowest BCUT2D eigenvalue weighted by molar-refractivity contribution is -0.384. The number of halogens is 1. The zero-order valence-corrected chi connectivity index (χ0v) is 18.2. The molecular formula is C21H25ClN4O5. The third-order valence-corrected chi connectivity index (χ3v) is 5.58. The van der Waals surface area contributed by atoms with Crippen molar-refractivity contribution in [2.45, 2.75) is 25.4 Å². The Morgan fingerprint density at radius 3 is 2.61 bits per heavy atom. The van der Waals surface area contributed by atoms with Crippen molar-refractivity contribution in [3.8, 4) is 0 Å². The maximum absolute atomic E-state index is 13.2. The highest BCUT2D eigenvalue weighted by atomic mass is 35.5. The summed E-state index contributed by atoms with van der Waals surface area (Å²) in [5, 5.41) is 10.9. The number of amides is 2. The molecule has 10 heteroatoms. The standard InChI is InChI=1S/C21H25ClN4O5/c1-23-9-3-4-17(23)13-25(15-5-6-15)20(27)14-24(10-11-31-2)21(28)18-8-7-16(26(29)30)12-19(18)22/h3-4,7-9,12,15H,5-6,10-11,13-14H2,1-2H3. The molecular weight excluding hydrogens is 424 g/mol. The molecule has 0 unspecified atom stereocenters. The van der Waals surface area contributed by atoms with E-state index in [-0.39, 0.29) is 47.9 Å². The molecule has 0 aliphatic heterocycles. The predicted octanol–water partition coefficient (Wildman–Crippen LogP) is 2.87. The molecule has 1 saturated carbocycles. The second-order valence-electron chi connectivity index (χ2n) is 7.50. The van der Waals surface area contributed by atoms with Crippen molar-refractivity contribution in [3.63, 3.8) is 0 Å². The van der Waals surface area contributed by atoms with Gasteiger partial charge < -0.3 is 19.1 Å². The largest absolute Gasteiger partial charge is 0.383 e. The van der Waals surface area contributed by atoms with E-state index in [0.717, 1.165) is 24.6 Å². The Balaban J connectivity index is 1.78. The second-order valence-corrected chi connectivity index (χ2v) is 7.91. The Morgan fingerprint density at radius 2 is 2.06 bits per heavy atom. The Hall–Kier alpha value is -2.91. The van der Waals surface area contributed by atoms with Gasteiger partial charge in [0.1, 0.15) is 6.54 Å². The summed E-state index contributed by atoms with van der Waals surface area (Å²) >= 11 is 6.14. The van der Waals surface area contributed by atoms with E-state index in [0.29, 0.717) is 6.54 Å². The fourth-order valence-corrected chi connectivity index (χ4v) is 3.57. The topological polar surface area (TPSA) is 97.9 Å². The molecule has 1 aliphatic carbocycles. The zero-order chi connectivity index (χ0) is 22.5. The van der Waals surface area contributed by atoms with Crippen LogP contribution in [0.2, 0.25) is 5.02 Å². The highest BCUT2D eigenvalue weighted by Crippen LogP contribution is 2.29. The van der Waals surface area contributed by atoms with Crippen LogP contribution in [0.1, 0.15) is 28.9 Å². The van der Waals surface area contributed by atoms with Crippen LogP contribution in [0.3, 0.4) is 0 Å². The Bertz CT molecular complexity index is 972. The third-order valence-electron chi connectivity index (χ3n) is 5.26. The first-order valence-corrected chi connectivity index (χ1v) is 10.3. The smallest absolute Gasteiger partial charge is 0.270 e. The van der Waals surface area contributed by atoms with Crippen LogP contribution >= 0.6 is 11.6 Å². The third kappa shape index (κ3) is 5.62. The minimum atomic E-state index is -0.580. The summed E-state index contributed by atoms with van der Waals surface area (Å²) in [7, 11) is 3.44. The summed E-state index contributed by atoms with van der Waals surface area (Å²) in [6, 6.07) is 7.74. The van der Waals surface area contributed by atoms with Crippen LogP contribution in [0.15, 0.2) is 36.5 Å². The van der Waals surface area contributed by atoms with Gasteiger partial charge in [-0.25, -0.2) is 0 Å². The number of benzene rings is 1. The summed E-state index contributed by atoms with van der Waals surface area (Å²) in [4.78, 5) is 39.8. The highest BCUT2D eigenvalue weighted by molar-refractivity contribution is 6.34. The van der Waals surface area contributed by atoms with Crippen molar-refractivity contribution in [1.29, 1.82) is 0 Å². The summed E-state index contributed by atoms with van der Waals surface area (Å²) in [5.41, 5.74) is 0.911. The molecule has 31 heavy (non-hydrogen) atoms. The lowest BCUT2D eigenvalue weighted by atomic mass is 10.1. The van der Waals surface area contributed by atoms with Crippen LogP contribution in [0.5, 0.6) is 0 Å². The van der Waals surface area contributed by atoms with E-state index in [1.54, 1.807) is 4.90 Å². The minimum Gasteiger partial charge on any atom is -0.383 e. The molecule has 1 aliphatic rings. The summed E-state index contributed by atoms with van der Waals surface area (Å²) < 4.78 is 7.06. The van der Waals surface area contributed by atoms with Gasteiger partial charge in [0.15, 0.2) is 0 Å². The number of hydrogen-bond donors (Lipinski definition) is 0. The van der Waals surface area contributed by atoms with Crippen molar-refractivity contribution >= 4 is 29.1 Å². The van der Waals surface area contributed by atoms with E-state index in [4.69, 9.17) is 16.3 Å². The average molecular weight is 449 g/mol. The first kappa shape index (κ1) is 22.8. The van der Waals surface area contributed by atoms with Crippen LogP contribution in [0, 0.1) is 10.1 Å². The molecule has 9 nitrogen and oxygen atoms in total.